The van der Waals surface area contributed by atoms with Crippen LogP contribution in [0.25, 0.3) is 0 Å². The normalized spacial score (nSPS) is 12.3. The summed E-state index contributed by atoms with van der Waals surface area (Å²) >= 11 is 7.35. The minimum atomic E-state index is -0.209. The number of aromatic nitrogens is 3. The smallest absolute Gasteiger partial charge is 0.250 e. The largest absolute Gasteiger partial charge is 0.375 e. The Balaban J connectivity index is 1.50. The van der Waals surface area contributed by atoms with Gasteiger partial charge in [0.2, 0.25) is 0 Å². The fourth-order valence-corrected chi connectivity index (χ4v) is 3.93. The average molecular weight is 471 g/mol. The number of benzene rings is 2. The lowest BCUT2D eigenvalue weighted by molar-refractivity contribution is -0.118. The van der Waals surface area contributed by atoms with Crippen LogP contribution in [0, 0.1) is 0 Å². The lowest BCUT2D eigenvalue weighted by atomic mass is 10.0. The van der Waals surface area contributed by atoms with Crippen LogP contribution >= 0.6 is 23.4 Å². The summed E-state index contributed by atoms with van der Waals surface area (Å²) in [5, 5.41) is 17.2. The lowest BCUT2D eigenvalue weighted by Gasteiger charge is -2.15. The van der Waals surface area contributed by atoms with Gasteiger partial charge in [-0.25, -0.2) is 5.43 Å². The zero-order chi connectivity index (χ0) is 23.1. The van der Waals surface area contributed by atoms with E-state index in [9.17, 15) is 4.79 Å². The fraction of sp³-hybridized carbons (Fsp3) is 0.304. The van der Waals surface area contributed by atoms with Crippen molar-refractivity contribution >= 4 is 41.2 Å². The molecule has 1 aromatic heterocycles. The van der Waals surface area contributed by atoms with Gasteiger partial charge in [0, 0.05) is 17.8 Å². The Bertz CT molecular complexity index is 1080. The zero-order valence-corrected chi connectivity index (χ0v) is 20.1. The molecule has 0 fully saturated rings. The molecule has 0 aliphatic carbocycles. The average Bonchev–Trinajstić information content (AvgIpc) is 3.13. The summed E-state index contributed by atoms with van der Waals surface area (Å²) in [6, 6.07) is 15.5. The molecule has 3 rings (SSSR count). The van der Waals surface area contributed by atoms with E-state index in [0.29, 0.717) is 16.1 Å². The van der Waals surface area contributed by atoms with Crippen LogP contribution in [0.3, 0.4) is 0 Å². The minimum absolute atomic E-state index is 0.0826. The van der Waals surface area contributed by atoms with Gasteiger partial charge in [0.1, 0.15) is 0 Å². The first-order valence-electron chi connectivity index (χ1n) is 10.3. The number of amides is 1. The monoisotopic (exact) mass is 470 g/mol. The van der Waals surface area contributed by atoms with Crippen LogP contribution in [-0.4, -0.2) is 32.6 Å². The highest BCUT2D eigenvalue weighted by molar-refractivity contribution is 7.99. The van der Waals surface area contributed by atoms with Crippen molar-refractivity contribution in [1.82, 2.24) is 20.2 Å². The molecule has 7 nitrogen and oxygen atoms in total. The van der Waals surface area contributed by atoms with E-state index in [0.717, 1.165) is 17.1 Å². The number of anilines is 1. The van der Waals surface area contributed by atoms with Crippen LogP contribution in [-0.2, 0) is 11.8 Å². The van der Waals surface area contributed by atoms with E-state index in [4.69, 9.17) is 11.6 Å². The summed E-state index contributed by atoms with van der Waals surface area (Å²) in [6.45, 7) is 6.30. The molecule has 32 heavy (non-hydrogen) atoms. The van der Waals surface area contributed by atoms with Crippen LogP contribution in [0.15, 0.2) is 58.8 Å². The van der Waals surface area contributed by atoms with Crippen molar-refractivity contribution in [3.05, 3.63) is 70.5 Å². The molecule has 0 aliphatic heterocycles. The third kappa shape index (κ3) is 6.58. The Morgan fingerprint density at radius 1 is 1.19 bits per heavy atom. The Morgan fingerprint density at radius 3 is 2.62 bits per heavy atom. The number of nitrogens with one attached hydrogen (secondary N) is 2. The number of hydrogen-bond acceptors (Lipinski definition) is 6. The predicted molar refractivity (Wildman–Crippen MR) is 131 cm³/mol. The molecular formula is C23H27ClN6OS. The molecule has 3 aromatic rings. The topological polar surface area (TPSA) is 84.2 Å². The van der Waals surface area contributed by atoms with Crippen molar-refractivity contribution in [3.63, 3.8) is 0 Å². The van der Waals surface area contributed by atoms with E-state index in [-0.39, 0.29) is 17.7 Å². The van der Waals surface area contributed by atoms with Gasteiger partial charge in [-0.1, -0.05) is 67.5 Å². The molecule has 0 radical (unpaired) electrons. The zero-order valence-electron chi connectivity index (χ0n) is 18.5. The van der Waals surface area contributed by atoms with Crippen LogP contribution < -0.4 is 10.7 Å². The van der Waals surface area contributed by atoms with E-state index in [1.165, 1.54) is 17.3 Å². The van der Waals surface area contributed by atoms with E-state index in [2.05, 4.69) is 52.0 Å². The number of carbonyl (C=O) groups is 1. The van der Waals surface area contributed by atoms with Gasteiger partial charge in [-0.3, -0.25) is 4.79 Å². The third-order valence-electron chi connectivity index (χ3n) is 4.80. The Morgan fingerprint density at radius 2 is 1.94 bits per heavy atom. The van der Waals surface area contributed by atoms with Gasteiger partial charge in [0.15, 0.2) is 11.0 Å². The molecule has 1 atom stereocenters. The SMILES string of the molecule is CC(C)c1ccc(/C=N\NC(=O)CSc2nnc(C(C)Nc3cccc(Cl)c3)n2C)cc1. The van der Waals surface area contributed by atoms with Crippen molar-refractivity contribution in [2.75, 3.05) is 11.1 Å². The first kappa shape index (κ1) is 23.8. The van der Waals surface area contributed by atoms with Crippen molar-refractivity contribution in [3.8, 4) is 0 Å². The second-order valence-corrected chi connectivity index (χ2v) is 9.06. The number of carbonyl (C=O) groups excluding carboxylic acids is 1. The molecular weight excluding hydrogens is 444 g/mol. The van der Waals surface area contributed by atoms with E-state index >= 15 is 0 Å². The number of hydrazone groups is 1. The van der Waals surface area contributed by atoms with Gasteiger partial charge in [0.25, 0.3) is 5.91 Å². The maximum Gasteiger partial charge on any atom is 0.250 e. The van der Waals surface area contributed by atoms with Crippen LogP contribution in [0.1, 0.15) is 49.7 Å². The molecule has 2 aromatic carbocycles. The summed E-state index contributed by atoms with van der Waals surface area (Å²) < 4.78 is 1.87. The van der Waals surface area contributed by atoms with Gasteiger partial charge < -0.3 is 9.88 Å². The maximum atomic E-state index is 12.1. The van der Waals surface area contributed by atoms with Crippen molar-refractivity contribution in [2.24, 2.45) is 12.1 Å². The summed E-state index contributed by atoms with van der Waals surface area (Å²) in [6.07, 6.45) is 1.64. The van der Waals surface area contributed by atoms with Crippen molar-refractivity contribution in [2.45, 2.75) is 37.9 Å². The molecule has 0 spiro atoms. The summed E-state index contributed by atoms with van der Waals surface area (Å²) in [5.74, 6) is 1.22. The highest BCUT2D eigenvalue weighted by Crippen LogP contribution is 2.23. The molecule has 168 valence electrons. The lowest BCUT2D eigenvalue weighted by Crippen LogP contribution is -2.20. The van der Waals surface area contributed by atoms with E-state index in [1.54, 1.807) is 6.21 Å². The van der Waals surface area contributed by atoms with Crippen LogP contribution in [0.5, 0.6) is 0 Å². The molecule has 1 amide bonds. The predicted octanol–water partition coefficient (Wildman–Crippen LogP) is 5.01. The number of nitrogens with zero attached hydrogens (tertiary/aromatic N) is 4. The highest BCUT2D eigenvalue weighted by atomic mass is 35.5. The molecule has 0 bridgehead atoms. The summed E-state index contributed by atoms with van der Waals surface area (Å²) in [7, 11) is 1.88. The van der Waals surface area contributed by atoms with E-state index < -0.39 is 0 Å². The highest BCUT2D eigenvalue weighted by Gasteiger charge is 2.16. The quantitative estimate of drug-likeness (QED) is 0.261. The van der Waals surface area contributed by atoms with Gasteiger partial charge in [-0.05, 0) is 42.2 Å². The molecule has 2 N–H and O–H groups in total. The second-order valence-electron chi connectivity index (χ2n) is 7.68. The maximum absolute atomic E-state index is 12.1. The van der Waals surface area contributed by atoms with Crippen molar-refractivity contribution < 1.29 is 4.79 Å². The van der Waals surface area contributed by atoms with Crippen molar-refractivity contribution in [1.29, 1.82) is 0 Å². The van der Waals surface area contributed by atoms with Crippen LogP contribution in [0.4, 0.5) is 5.69 Å². The molecule has 1 unspecified atom stereocenters. The molecule has 0 saturated carbocycles. The third-order valence-corrected chi connectivity index (χ3v) is 6.06. The number of thioether (sulfide) groups is 1. The fourth-order valence-electron chi connectivity index (χ4n) is 3.03. The van der Waals surface area contributed by atoms with E-state index in [1.807, 2.05) is 54.9 Å². The van der Waals surface area contributed by atoms with Gasteiger partial charge >= 0.3 is 0 Å². The number of hydrogen-bond donors (Lipinski definition) is 2. The number of rotatable bonds is 9. The Labute approximate surface area is 197 Å². The van der Waals surface area contributed by atoms with Gasteiger partial charge in [-0.2, -0.15) is 5.10 Å². The molecule has 9 heteroatoms. The second kappa shape index (κ2) is 11.2. The van der Waals surface area contributed by atoms with Gasteiger partial charge in [0.05, 0.1) is 18.0 Å². The Kier molecular flexibility index (Phi) is 8.30. The molecule has 0 aliphatic rings. The standard InChI is InChI=1S/C23H27ClN6OS/c1-15(2)18-10-8-17(9-11-18)13-25-27-21(31)14-32-23-29-28-22(30(23)4)16(3)26-20-7-5-6-19(24)12-20/h5-13,15-16,26H,14H2,1-4H3,(H,27,31)/b25-13-. The first-order valence-corrected chi connectivity index (χ1v) is 11.7. The minimum Gasteiger partial charge on any atom is -0.375 e. The Hall–Kier alpha value is -2.84. The number of halogens is 1. The molecule has 1 heterocycles. The van der Waals surface area contributed by atoms with Crippen LogP contribution in [0.2, 0.25) is 5.02 Å². The summed E-state index contributed by atoms with van der Waals surface area (Å²) in [4.78, 5) is 12.1. The molecule has 0 saturated heterocycles. The first-order chi connectivity index (χ1) is 15.3. The van der Waals surface area contributed by atoms with Gasteiger partial charge in [-0.15, -0.1) is 10.2 Å². The summed E-state index contributed by atoms with van der Waals surface area (Å²) in [5.41, 5.74) is 5.65.